The van der Waals surface area contributed by atoms with E-state index >= 15 is 4.39 Å². The fourth-order valence-corrected chi connectivity index (χ4v) is 4.21. The summed E-state index contributed by atoms with van der Waals surface area (Å²) in [4.78, 5) is 17.4. The van der Waals surface area contributed by atoms with Crippen molar-refractivity contribution in [3.63, 3.8) is 0 Å². The largest absolute Gasteiger partial charge is 0.494 e. The first-order chi connectivity index (χ1) is 17.6. The predicted molar refractivity (Wildman–Crippen MR) is 123 cm³/mol. The van der Waals surface area contributed by atoms with Crippen molar-refractivity contribution in [3.05, 3.63) is 77.4 Å². The summed E-state index contributed by atoms with van der Waals surface area (Å²) in [6.45, 7) is 0. The molecule has 1 saturated carbocycles. The third-order valence-corrected chi connectivity index (χ3v) is 6.21. The summed E-state index contributed by atoms with van der Waals surface area (Å²) in [6.07, 6.45) is 8.15. The number of halogens is 1. The number of benzene rings is 1. The Balaban J connectivity index is 1.16. The zero-order valence-electron chi connectivity index (χ0n) is 19.3. The number of pyridine rings is 1. The minimum atomic E-state index is -0.582. The predicted octanol–water partition coefficient (Wildman–Crippen LogP) is 3.12. The molecular weight excluding hydrogens is 467 g/mol. The molecule has 4 aromatic heterocycles. The average Bonchev–Trinajstić information content (AvgIpc) is 3.24. The van der Waals surface area contributed by atoms with Gasteiger partial charge in [-0.25, -0.2) is 14.1 Å². The van der Waals surface area contributed by atoms with Gasteiger partial charge in [-0.3, -0.25) is 4.79 Å². The summed E-state index contributed by atoms with van der Waals surface area (Å²) in [5.41, 5.74) is 3.56. The van der Waals surface area contributed by atoms with E-state index in [2.05, 4.69) is 43.0 Å². The lowest BCUT2D eigenvalue weighted by Gasteiger charge is -2.12. The molecule has 1 aliphatic rings. The van der Waals surface area contributed by atoms with Crippen molar-refractivity contribution >= 4 is 11.4 Å². The molecule has 0 unspecified atom stereocenters. The molecule has 6 rings (SSSR count). The van der Waals surface area contributed by atoms with Gasteiger partial charge in [0.2, 0.25) is 11.7 Å². The van der Waals surface area contributed by atoms with Crippen molar-refractivity contribution < 1.29 is 18.3 Å². The van der Waals surface area contributed by atoms with Crippen molar-refractivity contribution in [2.24, 2.45) is 0 Å². The van der Waals surface area contributed by atoms with Gasteiger partial charge in [0.25, 0.3) is 5.89 Å². The number of aromatic nitrogens is 8. The highest BCUT2D eigenvalue weighted by molar-refractivity contribution is 5.91. The molecule has 5 aromatic rings. The van der Waals surface area contributed by atoms with E-state index in [0.717, 1.165) is 11.3 Å². The van der Waals surface area contributed by atoms with Crippen LogP contribution in [0.15, 0.2) is 47.4 Å². The van der Waals surface area contributed by atoms with Gasteiger partial charge in [0.1, 0.15) is 12.0 Å². The highest BCUT2D eigenvalue weighted by atomic mass is 19.1. The summed E-state index contributed by atoms with van der Waals surface area (Å²) in [5.74, 6) is -0.114. The molecule has 36 heavy (non-hydrogen) atoms. The van der Waals surface area contributed by atoms with Crippen molar-refractivity contribution in [2.75, 3.05) is 7.11 Å². The summed E-state index contributed by atoms with van der Waals surface area (Å²) >= 11 is 0. The standard InChI is InChI=1S/C24H21FN8O3/c1-35-20-8-6-18(33-13-26-30-31-33)17(23(20)25)5-7-19(34)24-29-28-22(36-24)10-16-12-32-11-15(14-2-3-14)4-9-21(32)27-16/h4,6,8-9,11-14H,2-3,5,7,10H2,1H3. The molecule has 0 spiro atoms. The number of tetrazole rings is 1. The van der Waals surface area contributed by atoms with Gasteiger partial charge in [0.05, 0.1) is 24.9 Å². The maximum Gasteiger partial charge on any atom is 0.284 e. The van der Waals surface area contributed by atoms with Crippen molar-refractivity contribution in [1.82, 2.24) is 39.8 Å². The van der Waals surface area contributed by atoms with Crippen LogP contribution >= 0.6 is 0 Å². The molecule has 1 aromatic carbocycles. The smallest absolute Gasteiger partial charge is 0.284 e. The molecule has 0 bridgehead atoms. The number of hydrogen-bond donors (Lipinski definition) is 0. The average molecular weight is 488 g/mol. The van der Waals surface area contributed by atoms with Gasteiger partial charge in [0.15, 0.2) is 11.6 Å². The first-order valence-electron chi connectivity index (χ1n) is 11.5. The molecule has 0 atom stereocenters. The van der Waals surface area contributed by atoms with Gasteiger partial charge in [-0.15, -0.1) is 15.3 Å². The second kappa shape index (κ2) is 8.95. The van der Waals surface area contributed by atoms with E-state index in [1.807, 2.05) is 16.7 Å². The fourth-order valence-electron chi connectivity index (χ4n) is 4.21. The highest BCUT2D eigenvalue weighted by Crippen LogP contribution is 2.39. The SMILES string of the molecule is COc1ccc(-n2cnnn2)c(CCC(=O)c2nnc(Cc3cn4cc(C5CC5)ccc4n3)o2)c1F. The van der Waals surface area contributed by atoms with Crippen molar-refractivity contribution in [1.29, 1.82) is 0 Å². The Morgan fingerprint density at radius 3 is 2.86 bits per heavy atom. The van der Waals surface area contributed by atoms with E-state index in [-0.39, 0.29) is 35.9 Å². The third kappa shape index (κ3) is 4.21. The molecule has 0 radical (unpaired) electrons. The molecule has 182 valence electrons. The Morgan fingerprint density at radius 1 is 1.19 bits per heavy atom. The van der Waals surface area contributed by atoms with E-state index in [1.165, 1.54) is 42.6 Å². The van der Waals surface area contributed by atoms with E-state index < -0.39 is 11.6 Å². The van der Waals surface area contributed by atoms with E-state index in [4.69, 9.17) is 9.15 Å². The zero-order valence-corrected chi connectivity index (χ0v) is 19.3. The van der Waals surface area contributed by atoms with Crippen LogP contribution < -0.4 is 4.74 Å². The number of imidazole rings is 1. The van der Waals surface area contributed by atoms with Crippen LogP contribution in [0.4, 0.5) is 4.39 Å². The Kier molecular flexibility index (Phi) is 5.47. The number of carbonyl (C=O) groups excluding carboxylic acids is 1. The molecule has 11 nitrogen and oxygen atoms in total. The van der Waals surface area contributed by atoms with Crippen molar-refractivity contribution in [3.8, 4) is 11.4 Å². The maximum absolute atomic E-state index is 15.0. The van der Waals surface area contributed by atoms with Crippen LogP contribution in [0.1, 0.15) is 58.6 Å². The molecule has 1 aliphatic carbocycles. The molecule has 0 aliphatic heterocycles. The first-order valence-corrected chi connectivity index (χ1v) is 11.5. The van der Waals surface area contributed by atoms with Crippen LogP contribution in [0.3, 0.4) is 0 Å². The molecular formula is C24H21FN8O3. The van der Waals surface area contributed by atoms with E-state index in [0.29, 0.717) is 18.0 Å². The summed E-state index contributed by atoms with van der Waals surface area (Å²) < 4.78 is 29.0. The van der Waals surface area contributed by atoms with Gasteiger partial charge >= 0.3 is 0 Å². The second-order valence-electron chi connectivity index (χ2n) is 8.67. The first kappa shape index (κ1) is 22.0. The van der Waals surface area contributed by atoms with Crippen LogP contribution in [0.2, 0.25) is 0 Å². The molecule has 0 amide bonds. The van der Waals surface area contributed by atoms with E-state index in [1.54, 1.807) is 6.07 Å². The highest BCUT2D eigenvalue weighted by Gasteiger charge is 2.24. The normalized spacial score (nSPS) is 13.4. The number of nitrogens with zero attached hydrogens (tertiary/aromatic N) is 8. The number of Topliss-reactive ketones (excluding diaryl/α,β-unsaturated/α-hetero) is 1. The molecule has 0 N–H and O–H groups in total. The number of ether oxygens (including phenoxy) is 1. The van der Waals surface area contributed by atoms with Gasteiger partial charge < -0.3 is 13.6 Å². The van der Waals surface area contributed by atoms with E-state index in [9.17, 15) is 4.79 Å². The lowest BCUT2D eigenvalue weighted by molar-refractivity contribution is 0.0947. The Hall–Kier alpha value is -4.48. The summed E-state index contributed by atoms with van der Waals surface area (Å²) in [5, 5.41) is 18.9. The topological polar surface area (TPSA) is 126 Å². The minimum Gasteiger partial charge on any atom is -0.494 e. The summed E-state index contributed by atoms with van der Waals surface area (Å²) in [7, 11) is 1.37. The maximum atomic E-state index is 15.0. The quantitative estimate of drug-likeness (QED) is 0.288. The number of carbonyl (C=O) groups is 1. The number of fused-ring (bicyclic) bond motifs is 1. The second-order valence-corrected chi connectivity index (χ2v) is 8.67. The Morgan fingerprint density at radius 2 is 2.08 bits per heavy atom. The number of rotatable bonds is 9. The zero-order chi connectivity index (χ0) is 24.6. The fraction of sp³-hybridized carbons (Fsp3) is 0.292. The molecule has 0 saturated heterocycles. The summed E-state index contributed by atoms with van der Waals surface area (Å²) in [6, 6.07) is 7.23. The number of ketones is 1. The van der Waals surface area contributed by atoms with Crippen LogP contribution in [-0.4, -0.2) is 52.7 Å². The van der Waals surface area contributed by atoms with Gasteiger partial charge in [-0.2, -0.15) is 0 Å². The third-order valence-electron chi connectivity index (χ3n) is 6.21. The molecule has 12 heteroatoms. The monoisotopic (exact) mass is 488 g/mol. The number of hydrogen-bond acceptors (Lipinski definition) is 9. The minimum absolute atomic E-state index is 0.0564. The van der Waals surface area contributed by atoms with Gasteiger partial charge in [-0.05, 0) is 59.4 Å². The molecule has 1 fully saturated rings. The van der Waals surface area contributed by atoms with Gasteiger partial charge in [-0.1, -0.05) is 6.07 Å². The lowest BCUT2D eigenvalue weighted by Crippen LogP contribution is -2.08. The Bertz CT molecular complexity index is 1560. The van der Waals surface area contributed by atoms with Crippen LogP contribution in [0.25, 0.3) is 11.3 Å². The van der Waals surface area contributed by atoms with Crippen LogP contribution in [0, 0.1) is 5.82 Å². The van der Waals surface area contributed by atoms with Crippen molar-refractivity contribution in [2.45, 2.75) is 38.0 Å². The number of methoxy groups -OCH3 is 1. The van der Waals surface area contributed by atoms with Gasteiger partial charge in [0, 0.05) is 24.4 Å². The van der Waals surface area contributed by atoms with Crippen LogP contribution in [-0.2, 0) is 12.8 Å². The Labute approximate surface area is 203 Å². The lowest BCUT2D eigenvalue weighted by atomic mass is 10.0. The van der Waals surface area contributed by atoms with Crippen LogP contribution in [0.5, 0.6) is 5.75 Å². The molecule has 4 heterocycles.